The van der Waals surface area contributed by atoms with E-state index in [9.17, 15) is 19.2 Å². The van der Waals surface area contributed by atoms with E-state index in [4.69, 9.17) is 9.47 Å². The van der Waals surface area contributed by atoms with E-state index in [1.165, 1.54) is 14.2 Å². The number of carbonyl (C=O) groups excluding carboxylic acids is 4. The molecule has 1 amide bonds. The zero-order valence-corrected chi connectivity index (χ0v) is 16.3. The number of nitrogens with one attached hydrogen (secondary N) is 2. The lowest BCUT2D eigenvalue weighted by atomic mass is 10.0. The molecular weight excluding hydrogens is 356 g/mol. The Hall–Kier alpha value is -2.84. The second-order valence-electron chi connectivity index (χ2n) is 6.77. The van der Waals surface area contributed by atoms with Gasteiger partial charge in [-0.3, -0.25) is 14.4 Å². The van der Waals surface area contributed by atoms with Crippen molar-refractivity contribution in [1.29, 1.82) is 0 Å². The Kier molecular flexibility index (Phi) is 8.01. The molecule has 1 rings (SSSR count). The first kappa shape index (κ1) is 22.2. The second-order valence-corrected chi connectivity index (χ2v) is 6.77. The minimum Gasteiger partial charge on any atom is -0.469 e. The number of rotatable bonds is 9. The summed E-state index contributed by atoms with van der Waals surface area (Å²) in [6.07, 6.45) is 0.552. The van der Waals surface area contributed by atoms with Gasteiger partial charge in [-0.2, -0.15) is 0 Å². The van der Waals surface area contributed by atoms with E-state index in [-0.39, 0.29) is 31.5 Å². The minimum atomic E-state index is -0.731. The number of methoxy groups -OCH3 is 2. The van der Waals surface area contributed by atoms with Gasteiger partial charge < -0.3 is 24.5 Å². The van der Waals surface area contributed by atoms with Crippen LogP contribution < -0.4 is 5.32 Å². The van der Waals surface area contributed by atoms with Gasteiger partial charge in [0.15, 0.2) is 0 Å². The Bertz CT molecular complexity index is 701. The standard InChI is InChI=1S/C18H26N2O7/c1-18(2,3)27-17(24)16-11(6-7-14(22)25-4)12(8-15(23)26-5)13(20-16)9-19-10-21/h10,20H,6-9H2,1-5H3,(H,19,21). The van der Waals surface area contributed by atoms with Crippen molar-refractivity contribution in [2.24, 2.45) is 0 Å². The average molecular weight is 382 g/mol. The van der Waals surface area contributed by atoms with E-state index < -0.39 is 23.5 Å². The van der Waals surface area contributed by atoms with Crippen LogP contribution in [0.2, 0.25) is 0 Å². The summed E-state index contributed by atoms with van der Waals surface area (Å²) < 4.78 is 14.8. The van der Waals surface area contributed by atoms with Crippen molar-refractivity contribution in [3.63, 3.8) is 0 Å². The summed E-state index contributed by atoms with van der Waals surface area (Å²) in [5, 5.41) is 2.49. The van der Waals surface area contributed by atoms with Crippen LogP contribution in [0.4, 0.5) is 0 Å². The van der Waals surface area contributed by atoms with E-state index in [0.29, 0.717) is 23.2 Å². The van der Waals surface area contributed by atoms with Gasteiger partial charge in [0.25, 0.3) is 0 Å². The van der Waals surface area contributed by atoms with Gasteiger partial charge in [0, 0.05) is 12.1 Å². The molecule has 1 aromatic rings. The van der Waals surface area contributed by atoms with Crippen molar-refractivity contribution in [2.75, 3.05) is 14.2 Å². The molecule has 0 aliphatic carbocycles. The predicted molar refractivity (Wildman–Crippen MR) is 94.9 cm³/mol. The fraction of sp³-hybridized carbons (Fsp3) is 0.556. The Balaban J connectivity index is 3.38. The Morgan fingerprint density at radius 3 is 2.22 bits per heavy atom. The van der Waals surface area contributed by atoms with Crippen LogP contribution in [0.1, 0.15) is 54.5 Å². The van der Waals surface area contributed by atoms with Crippen molar-refractivity contribution in [1.82, 2.24) is 10.3 Å². The quantitative estimate of drug-likeness (QED) is 0.371. The smallest absolute Gasteiger partial charge is 0.355 e. The lowest BCUT2D eigenvalue weighted by Gasteiger charge is -2.19. The lowest BCUT2D eigenvalue weighted by molar-refractivity contribution is -0.141. The number of aromatic amines is 1. The van der Waals surface area contributed by atoms with Crippen molar-refractivity contribution in [2.45, 2.75) is 52.2 Å². The summed E-state index contributed by atoms with van der Waals surface area (Å²) >= 11 is 0. The summed E-state index contributed by atoms with van der Waals surface area (Å²) in [7, 11) is 2.52. The highest BCUT2D eigenvalue weighted by Gasteiger charge is 2.27. The van der Waals surface area contributed by atoms with Crippen LogP contribution in [-0.4, -0.2) is 49.1 Å². The van der Waals surface area contributed by atoms with Crippen LogP contribution in [0.25, 0.3) is 0 Å². The lowest BCUT2D eigenvalue weighted by Crippen LogP contribution is -2.25. The zero-order chi connectivity index (χ0) is 20.6. The number of aromatic nitrogens is 1. The first-order chi connectivity index (χ1) is 12.6. The van der Waals surface area contributed by atoms with Gasteiger partial charge in [-0.15, -0.1) is 0 Å². The van der Waals surface area contributed by atoms with E-state index in [0.717, 1.165) is 0 Å². The van der Waals surface area contributed by atoms with E-state index in [1.807, 2.05) is 0 Å². The number of hydrogen-bond donors (Lipinski definition) is 2. The first-order valence-electron chi connectivity index (χ1n) is 8.39. The van der Waals surface area contributed by atoms with Gasteiger partial charge in [-0.1, -0.05) is 0 Å². The SMILES string of the molecule is COC(=O)CCc1c(C(=O)OC(C)(C)C)[nH]c(CNC=O)c1CC(=O)OC. The molecule has 0 spiro atoms. The maximum absolute atomic E-state index is 12.6. The molecule has 2 N–H and O–H groups in total. The number of H-pyrrole nitrogens is 1. The molecule has 9 nitrogen and oxygen atoms in total. The molecular formula is C18H26N2O7. The van der Waals surface area contributed by atoms with Crippen LogP contribution in [0.5, 0.6) is 0 Å². The molecule has 150 valence electrons. The molecule has 0 fully saturated rings. The van der Waals surface area contributed by atoms with Crippen LogP contribution in [0.15, 0.2) is 0 Å². The Morgan fingerprint density at radius 1 is 1.07 bits per heavy atom. The number of ether oxygens (including phenoxy) is 3. The topological polar surface area (TPSA) is 124 Å². The Morgan fingerprint density at radius 2 is 1.70 bits per heavy atom. The summed E-state index contributed by atoms with van der Waals surface area (Å²) in [5.74, 6) is -1.59. The summed E-state index contributed by atoms with van der Waals surface area (Å²) in [5.41, 5.74) is 0.818. The molecule has 0 saturated heterocycles. The van der Waals surface area contributed by atoms with Crippen molar-refractivity contribution < 1.29 is 33.4 Å². The van der Waals surface area contributed by atoms with E-state index in [2.05, 4.69) is 15.0 Å². The fourth-order valence-electron chi connectivity index (χ4n) is 2.47. The van der Waals surface area contributed by atoms with Crippen LogP contribution >= 0.6 is 0 Å². The molecule has 0 saturated carbocycles. The summed E-state index contributed by atoms with van der Waals surface area (Å²) in [4.78, 5) is 49.6. The van der Waals surface area contributed by atoms with Crippen LogP contribution in [0.3, 0.4) is 0 Å². The molecule has 1 heterocycles. The van der Waals surface area contributed by atoms with Crippen LogP contribution in [-0.2, 0) is 48.0 Å². The monoisotopic (exact) mass is 382 g/mol. The van der Waals surface area contributed by atoms with Gasteiger partial charge in [-0.25, -0.2) is 4.79 Å². The molecule has 0 atom stereocenters. The maximum Gasteiger partial charge on any atom is 0.355 e. The average Bonchev–Trinajstić information content (AvgIpc) is 2.93. The summed E-state index contributed by atoms with van der Waals surface area (Å²) in [6, 6.07) is 0. The minimum absolute atomic E-state index is 0.0128. The normalized spacial score (nSPS) is 10.9. The van der Waals surface area contributed by atoms with Gasteiger partial charge in [0.2, 0.25) is 6.41 Å². The van der Waals surface area contributed by atoms with Crippen molar-refractivity contribution in [3.05, 3.63) is 22.5 Å². The highest BCUT2D eigenvalue weighted by Crippen LogP contribution is 2.25. The number of amides is 1. The van der Waals surface area contributed by atoms with Crippen LogP contribution in [0, 0.1) is 0 Å². The van der Waals surface area contributed by atoms with E-state index >= 15 is 0 Å². The Labute approximate surface area is 157 Å². The molecule has 9 heteroatoms. The third kappa shape index (κ3) is 6.76. The van der Waals surface area contributed by atoms with Gasteiger partial charge in [0.1, 0.15) is 11.3 Å². The second kappa shape index (κ2) is 9.75. The largest absolute Gasteiger partial charge is 0.469 e. The zero-order valence-electron chi connectivity index (χ0n) is 16.3. The molecule has 0 bridgehead atoms. The highest BCUT2D eigenvalue weighted by atomic mass is 16.6. The summed E-state index contributed by atoms with van der Waals surface area (Å²) in [6.45, 7) is 5.26. The third-order valence-corrected chi connectivity index (χ3v) is 3.63. The molecule has 0 aromatic carbocycles. The highest BCUT2D eigenvalue weighted by molar-refractivity contribution is 5.91. The molecule has 0 aliphatic rings. The molecule has 27 heavy (non-hydrogen) atoms. The van der Waals surface area contributed by atoms with Gasteiger partial charge in [0.05, 0.1) is 27.2 Å². The maximum atomic E-state index is 12.6. The molecule has 1 aromatic heterocycles. The predicted octanol–water partition coefficient (Wildman–Crippen LogP) is 1.04. The van der Waals surface area contributed by atoms with Crippen molar-refractivity contribution >= 4 is 24.3 Å². The number of hydrogen-bond acceptors (Lipinski definition) is 7. The van der Waals surface area contributed by atoms with Crippen molar-refractivity contribution in [3.8, 4) is 0 Å². The molecule has 0 aliphatic heterocycles. The molecule has 0 radical (unpaired) electrons. The van der Waals surface area contributed by atoms with Gasteiger partial charge in [-0.05, 0) is 38.3 Å². The van der Waals surface area contributed by atoms with E-state index in [1.54, 1.807) is 20.8 Å². The van der Waals surface area contributed by atoms with Gasteiger partial charge >= 0.3 is 17.9 Å². The fourth-order valence-corrected chi connectivity index (χ4v) is 2.47. The number of carbonyl (C=O) groups is 4. The number of esters is 3. The first-order valence-corrected chi connectivity index (χ1v) is 8.39. The third-order valence-electron chi connectivity index (χ3n) is 3.63. The molecule has 0 unspecified atom stereocenters.